The van der Waals surface area contributed by atoms with Crippen LogP contribution >= 0.6 is 0 Å². The van der Waals surface area contributed by atoms with Crippen LogP contribution in [-0.4, -0.2) is 24.9 Å². The number of rotatable bonds is 2. The zero-order chi connectivity index (χ0) is 8.57. The number of halogens is 2. The molecule has 0 unspecified atom stereocenters. The third kappa shape index (κ3) is 131. The monoisotopic (exact) mass is 314 g/mol. The van der Waals surface area contributed by atoms with Gasteiger partial charge in [0, 0.05) is 0 Å². The molecule has 0 aromatic rings. The van der Waals surface area contributed by atoms with Crippen molar-refractivity contribution < 1.29 is 61.8 Å². The maximum Gasteiger partial charge on any atom is 2.00 e. The molecule has 0 saturated carbocycles. The first kappa shape index (κ1) is 46.2. The van der Waals surface area contributed by atoms with E-state index >= 15 is 0 Å². The maximum absolute atomic E-state index is 9.47. The van der Waals surface area contributed by atoms with E-state index < -0.39 is 11.8 Å². The van der Waals surface area contributed by atoms with Crippen LogP contribution in [0.2, 0.25) is 0 Å². The van der Waals surface area contributed by atoms with E-state index in [9.17, 15) is 9.59 Å². The summed E-state index contributed by atoms with van der Waals surface area (Å²) in [5, 5.41) is 0. The summed E-state index contributed by atoms with van der Waals surface area (Å²) in [7, 11) is 0. The molecule has 0 aromatic carbocycles. The SMILES string of the molecule is NCC(N)=O.NCC(N)=O.[Cl-].[Cl-].[Ni+2].[OH3+].[OH3+]. The van der Waals surface area contributed by atoms with Gasteiger partial charge in [0.2, 0.25) is 11.8 Å². The molecule has 15 heavy (non-hydrogen) atoms. The van der Waals surface area contributed by atoms with Gasteiger partial charge in [-0.25, -0.2) is 0 Å². The van der Waals surface area contributed by atoms with Gasteiger partial charge in [-0.1, -0.05) is 0 Å². The third-order valence-corrected chi connectivity index (χ3v) is 0.402. The minimum Gasteiger partial charge on any atom is -1.00 e. The van der Waals surface area contributed by atoms with Gasteiger partial charge in [-0.2, -0.15) is 0 Å². The molecule has 11 heteroatoms. The molecule has 0 aromatic heterocycles. The number of hydrogen-bond donors (Lipinski definition) is 4. The fourth-order valence-electron chi connectivity index (χ4n) is 0. The molecule has 0 bridgehead atoms. The Balaban J connectivity index is -0.0000000128. The van der Waals surface area contributed by atoms with Gasteiger partial charge in [-0.15, -0.1) is 0 Å². The molecule has 14 N–H and O–H groups in total. The second kappa shape index (κ2) is 37.1. The molecule has 0 aliphatic heterocycles. The molecular weight excluding hydrogens is 298 g/mol. The second-order valence-electron chi connectivity index (χ2n) is 1.34. The second-order valence-corrected chi connectivity index (χ2v) is 1.34. The van der Waals surface area contributed by atoms with Crippen molar-refractivity contribution in [1.82, 2.24) is 0 Å². The van der Waals surface area contributed by atoms with E-state index in [2.05, 4.69) is 11.5 Å². The molecule has 0 heterocycles. The summed E-state index contributed by atoms with van der Waals surface area (Å²) >= 11 is 0. The van der Waals surface area contributed by atoms with Crippen LogP contribution in [0.15, 0.2) is 0 Å². The van der Waals surface area contributed by atoms with Crippen LogP contribution < -0.4 is 47.7 Å². The van der Waals surface area contributed by atoms with Crippen LogP contribution in [0.5, 0.6) is 0 Å². The zero-order valence-electron chi connectivity index (χ0n) is 7.77. The van der Waals surface area contributed by atoms with Gasteiger partial charge in [0.25, 0.3) is 0 Å². The van der Waals surface area contributed by atoms with Crippen LogP contribution in [0, 0.1) is 0 Å². The Kier molecular flexibility index (Phi) is 114. The Hall–Kier alpha value is -0.146. The minimum atomic E-state index is -0.468. The molecular formula is C4H18Cl2N4NiO4+2. The van der Waals surface area contributed by atoms with Gasteiger partial charge in [-0.05, 0) is 0 Å². The quantitative estimate of drug-likeness (QED) is 0.289. The van der Waals surface area contributed by atoms with Crippen molar-refractivity contribution in [2.45, 2.75) is 0 Å². The van der Waals surface area contributed by atoms with Crippen molar-refractivity contribution in [2.75, 3.05) is 13.1 Å². The van der Waals surface area contributed by atoms with Crippen molar-refractivity contribution in [3.63, 3.8) is 0 Å². The Morgan fingerprint density at radius 3 is 0.867 bits per heavy atom. The summed E-state index contributed by atoms with van der Waals surface area (Å²) in [6.07, 6.45) is 0. The minimum absolute atomic E-state index is 0. The third-order valence-electron chi connectivity index (χ3n) is 0.402. The standard InChI is InChI=1S/2C2H6N2O.2ClH.Ni.2H2O/c2*3-1-2(4)5;;;;;/h2*1,3H2,(H2,4,5);2*1H;;2*1H2/q;;;;+2;;. The van der Waals surface area contributed by atoms with Gasteiger partial charge in [0.1, 0.15) is 0 Å². The summed E-state index contributed by atoms with van der Waals surface area (Å²) < 4.78 is 0. The molecule has 2 amide bonds. The molecule has 0 spiro atoms. The van der Waals surface area contributed by atoms with Crippen molar-refractivity contribution >= 4 is 11.8 Å². The molecule has 0 atom stereocenters. The van der Waals surface area contributed by atoms with Crippen LogP contribution in [-0.2, 0) is 37.0 Å². The van der Waals surface area contributed by atoms with E-state index in [0.29, 0.717) is 0 Å². The number of carbonyl (C=O) groups excluding carboxylic acids is 2. The number of primary amides is 2. The Morgan fingerprint density at radius 2 is 0.867 bits per heavy atom. The van der Waals surface area contributed by atoms with Crippen molar-refractivity contribution in [3.05, 3.63) is 0 Å². The fourth-order valence-corrected chi connectivity index (χ4v) is 0. The first-order valence-corrected chi connectivity index (χ1v) is 2.51. The molecule has 0 fully saturated rings. The summed E-state index contributed by atoms with van der Waals surface area (Å²) in [6, 6.07) is 0. The van der Waals surface area contributed by atoms with E-state index in [4.69, 9.17) is 11.5 Å². The number of amides is 2. The summed E-state index contributed by atoms with van der Waals surface area (Å²) in [5.74, 6) is -0.935. The van der Waals surface area contributed by atoms with E-state index in [1.54, 1.807) is 0 Å². The summed E-state index contributed by atoms with van der Waals surface area (Å²) in [5.41, 5.74) is 18.4. The molecule has 0 radical (unpaired) electrons. The Labute approximate surface area is 110 Å². The normalized spacial score (nSPS) is 4.93. The smallest absolute Gasteiger partial charge is 1.00 e. The van der Waals surface area contributed by atoms with Crippen molar-refractivity contribution in [3.8, 4) is 0 Å². The van der Waals surface area contributed by atoms with Gasteiger partial charge in [-0.3, -0.25) is 9.59 Å². The Bertz CT molecular complexity index is 117. The number of hydrogen-bond acceptors (Lipinski definition) is 4. The Morgan fingerprint density at radius 1 is 0.800 bits per heavy atom. The van der Waals surface area contributed by atoms with Crippen LogP contribution in [0.25, 0.3) is 0 Å². The average Bonchev–Trinajstić information content (AvgIpc) is 1.89. The van der Waals surface area contributed by atoms with Crippen LogP contribution in [0.4, 0.5) is 0 Å². The number of nitrogens with two attached hydrogens (primary N) is 4. The van der Waals surface area contributed by atoms with Crippen LogP contribution in [0.1, 0.15) is 0 Å². The van der Waals surface area contributed by atoms with Gasteiger partial charge < -0.3 is 58.7 Å². The molecule has 0 saturated heterocycles. The predicted molar refractivity (Wildman–Crippen MR) is 46.2 cm³/mol. The molecule has 0 aliphatic rings. The van der Waals surface area contributed by atoms with Crippen molar-refractivity contribution in [1.29, 1.82) is 0 Å². The molecule has 0 rings (SSSR count). The summed E-state index contributed by atoms with van der Waals surface area (Å²) in [6.45, 7) is -0.111. The van der Waals surface area contributed by atoms with E-state index in [1.165, 1.54) is 0 Å². The van der Waals surface area contributed by atoms with Gasteiger partial charge in [0.15, 0.2) is 0 Å². The average molecular weight is 316 g/mol. The molecule has 0 aliphatic carbocycles. The topological polar surface area (TPSA) is 204 Å². The van der Waals surface area contributed by atoms with E-state index in [0.717, 1.165) is 0 Å². The van der Waals surface area contributed by atoms with Crippen molar-refractivity contribution in [2.24, 2.45) is 22.9 Å². The maximum atomic E-state index is 9.47. The van der Waals surface area contributed by atoms with Gasteiger partial charge in [0.05, 0.1) is 13.1 Å². The molecule has 100 valence electrons. The predicted octanol–water partition coefficient (Wildman–Crippen LogP) is -11.0. The zero-order valence-corrected chi connectivity index (χ0v) is 10.3. The molecule has 8 nitrogen and oxygen atoms in total. The first-order chi connectivity index (χ1) is 4.54. The van der Waals surface area contributed by atoms with E-state index in [-0.39, 0.29) is 65.3 Å². The number of carbonyl (C=O) groups is 2. The van der Waals surface area contributed by atoms with Gasteiger partial charge >= 0.3 is 16.5 Å². The first-order valence-electron chi connectivity index (χ1n) is 2.51. The summed E-state index contributed by atoms with van der Waals surface area (Å²) in [4.78, 5) is 18.9. The largest absolute Gasteiger partial charge is 2.00 e. The van der Waals surface area contributed by atoms with E-state index in [1.807, 2.05) is 0 Å². The van der Waals surface area contributed by atoms with Crippen LogP contribution in [0.3, 0.4) is 0 Å². The fraction of sp³-hybridized carbons (Fsp3) is 0.500.